The highest BCUT2D eigenvalue weighted by atomic mass is 32.1. The predicted octanol–water partition coefficient (Wildman–Crippen LogP) is 2.79. The van der Waals surface area contributed by atoms with Gasteiger partial charge in [-0.25, -0.2) is 0 Å². The Morgan fingerprint density at radius 1 is 1.33 bits per heavy atom. The maximum atomic E-state index is 3.66. The van der Waals surface area contributed by atoms with Gasteiger partial charge in [-0.1, -0.05) is 0 Å². The predicted molar refractivity (Wildman–Crippen MR) is 65.6 cm³/mol. The fourth-order valence-electron chi connectivity index (χ4n) is 2.94. The lowest BCUT2D eigenvalue weighted by Gasteiger charge is -2.35. The molecule has 0 aliphatic carbocycles. The van der Waals surface area contributed by atoms with E-state index in [9.17, 15) is 0 Å². The quantitative estimate of drug-likeness (QED) is 0.827. The van der Waals surface area contributed by atoms with Crippen LogP contribution in [0.5, 0.6) is 0 Å². The molecule has 2 unspecified atom stereocenters. The Balaban J connectivity index is 1.59. The van der Waals surface area contributed by atoms with E-state index < -0.39 is 0 Å². The van der Waals surface area contributed by atoms with Crippen molar-refractivity contribution in [1.29, 1.82) is 0 Å². The minimum atomic E-state index is 0.707. The molecule has 0 spiro atoms. The maximum absolute atomic E-state index is 3.66. The second-order valence-corrected chi connectivity index (χ2v) is 5.49. The van der Waals surface area contributed by atoms with Crippen LogP contribution in [0.15, 0.2) is 16.8 Å². The third kappa shape index (κ3) is 2.04. The van der Waals surface area contributed by atoms with Gasteiger partial charge in [-0.15, -0.1) is 0 Å². The Labute approximate surface area is 95.3 Å². The molecule has 3 heteroatoms. The van der Waals surface area contributed by atoms with Crippen LogP contribution >= 0.6 is 11.3 Å². The van der Waals surface area contributed by atoms with Crippen LogP contribution in [0.1, 0.15) is 25.7 Å². The van der Waals surface area contributed by atoms with Crippen molar-refractivity contribution < 1.29 is 0 Å². The van der Waals surface area contributed by atoms with E-state index in [2.05, 4.69) is 27.0 Å². The summed E-state index contributed by atoms with van der Waals surface area (Å²) in [4.78, 5) is 2.67. The molecular weight excluding hydrogens is 204 g/mol. The molecule has 15 heavy (non-hydrogen) atoms. The second kappa shape index (κ2) is 4.14. The van der Waals surface area contributed by atoms with Gasteiger partial charge in [-0.2, -0.15) is 11.3 Å². The van der Waals surface area contributed by atoms with Crippen LogP contribution in [0.3, 0.4) is 0 Å². The first-order chi connectivity index (χ1) is 7.42. The van der Waals surface area contributed by atoms with Crippen LogP contribution in [-0.2, 0) is 0 Å². The second-order valence-electron chi connectivity index (χ2n) is 4.71. The molecule has 3 heterocycles. The molecule has 1 N–H and O–H groups in total. The summed E-state index contributed by atoms with van der Waals surface area (Å²) in [6, 6.07) is 3.76. The maximum Gasteiger partial charge on any atom is 0.0450 e. The molecule has 0 amide bonds. The summed E-state index contributed by atoms with van der Waals surface area (Å²) in [5.41, 5.74) is 1.32. The van der Waals surface area contributed by atoms with Gasteiger partial charge in [-0.05, 0) is 43.7 Å². The van der Waals surface area contributed by atoms with E-state index in [4.69, 9.17) is 0 Å². The Bertz CT molecular complexity index is 309. The van der Waals surface area contributed by atoms with E-state index in [0.29, 0.717) is 6.04 Å². The van der Waals surface area contributed by atoms with Crippen molar-refractivity contribution in [2.75, 3.05) is 18.4 Å². The molecule has 2 fully saturated rings. The Hall–Kier alpha value is -0.540. The average Bonchev–Trinajstić information content (AvgIpc) is 2.87. The number of thiophene rings is 1. The third-order valence-electron chi connectivity index (χ3n) is 3.71. The van der Waals surface area contributed by atoms with Crippen molar-refractivity contribution in [2.45, 2.75) is 37.8 Å². The first kappa shape index (κ1) is 9.67. The SMILES string of the molecule is c1cc(NC2CCN3CCCC3C2)cs1. The number of nitrogens with zero attached hydrogens (tertiary/aromatic N) is 1. The van der Waals surface area contributed by atoms with Gasteiger partial charge in [0.25, 0.3) is 0 Å². The first-order valence-electron chi connectivity index (χ1n) is 5.94. The largest absolute Gasteiger partial charge is 0.382 e. The summed E-state index contributed by atoms with van der Waals surface area (Å²) < 4.78 is 0. The molecule has 2 saturated heterocycles. The Kier molecular flexibility index (Phi) is 2.67. The topological polar surface area (TPSA) is 15.3 Å². The zero-order chi connectivity index (χ0) is 10.1. The molecule has 2 atom stereocenters. The minimum absolute atomic E-state index is 0.707. The fourth-order valence-corrected chi connectivity index (χ4v) is 3.53. The highest BCUT2D eigenvalue weighted by Gasteiger charge is 2.31. The van der Waals surface area contributed by atoms with E-state index in [1.54, 1.807) is 11.3 Å². The summed E-state index contributed by atoms with van der Waals surface area (Å²) in [6.07, 6.45) is 5.49. The van der Waals surface area contributed by atoms with Crippen molar-refractivity contribution >= 4 is 17.0 Å². The number of nitrogens with one attached hydrogen (secondary N) is 1. The van der Waals surface area contributed by atoms with E-state index in [1.165, 1.54) is 44.5 Å². The zero-order valence-corrected chi connectivity index (χ0v) is 9.80. The Morgan fingerprint density at radius 3 is 3.20 bits per heavy atom. The molecule has 3 rings (SSSR count). The summed E-state index contributed by atoms with van der Waals surface area (Å²) in [6.45, 7) is 2.64. The normalized spacial score (nSPS) is 31.5. The molecule has 2 nitrogen and oxygen atoms in total. The number of fused-ring (bicyclic) bond motifs is 1. The summed E-state index contributed by atoms with van der Waals surface area (Å²) in [7, 11) is 0. The van der Waals surface area contributed by atoms with Crippen LogP contribution in [0.25, 0.3) is 0 Å². The van der Waals surface area contributed by atoms with Gasteiger partial charge in [0.1, 0.15) is 0 Å². The van der Waals surface area contributed by atoms with Crippen LogP contribution in [0.4, 0.5) is 5.69 Å². The van der Waals surface area contributed by atoms with Crippen molar-refractivity contribution in [1.82, 2.24) is 4.90 Å². The zero-order valence-electron chi connectivity index (χ0n) is 8.98. The summed E-state index contributed by atoms with van der Waals surface area (Å²) >= 11 is 1.77. The van der Waals surface area contributed by atoms with E-state index in [1.807, 2.05) is 0 Å². The lowest BCUT2D eigenvalue weighted by molar-refractivity contribution is 0.188. The fraction of sp³-hybridized carbons (Fsp3) is 0.667. The smallest absolute Gasteiger partial charge is 0.0450 e. The van der Waals surface area contributed by atoms with E-state index >= 15 is 0 Å². The van der Waals surface area contributed by atoms with Crippen molar-refractivity contribution in [2.24, 2.45) is 0 Å². The van der Waals surface area contributed by atoms with Crippen LogP contribution in [-0.4, -0.2) is 30.1 Å². The monoisotopic (exact) mass is 222 g/mol. The van der Waals surface area contributed by atoms with Crippen LogP contribution in [0, 0.1) is 0 Å². The van der Waals surface area contributed by atoms with Crippen molar-refractivity contribution in [3.63, 3.8) is 0 Å². The van der Waals surface area contributed by atoms with Crippen molar-refractivity contribution in [3.8, 4) is 0 Å². The van der Waals surface area contributed by atoms with Crippen molar-refractivity contribution in [3.05, 3.63) is 16.8 Å². The van der Waals surface area contributed by atoms with Gasteiger partial charge in [0, 0.05) is 29.7 Å². The average molecular weight is 222 g/mol. The van der Waals surface area contributed by atoms with E-state index in [-0.39, 0.29) is 0 Å². The molecule has 82 valence electrons. The van der Waals surface area contributed by atoms with Gasteiger partial charge in [0.05, 0.1) is 0 Å². The molecule has 0 bridgehead atoms. The third-order valence-corrected chi connectivity index (χ3v) is 4.40. The highest BCUT2D eigenvalue weighted by Crippen LogP contribution is 2.28. The van der Waals surface area contributed by atoms with Crippen LogP contribution in [0.2, 0.25) is 0 Å². The lowest BCUT2D eigenvalue weighted by Crippen LogP contribution is -2.42. The first-order valence-corrected chi connectivity index (χ1v) is 6.89. The summed E-state index contributed by atoms with van der Waals surface area (Å²) in [5.74, 6) is 0. The summed E-state index contributed by atoms with van der Waals surface area (Å²) in [5, 5.41) is 8.01. The van der Waals surface area contributed by atoms with Gasteiger partial charge in [0.15, 0.2) is 0 Å². The van der Waals surface area contributed by atoms with Gasteiger partial charge in [-0.3, -0.25) is 0 Å². The van der Waals surface area contributed by atoms with E-state index in [0.717, 1.165) is 6.04 Å². The lowest BCUT2D eigenvalue weighted by atomic mass is 9.97. The number of piperidine rings is 1. The Morgan fingerprint density at radius 2 is 2.33 bits per heavy atom. The van der Waals surface area contributed by atoms with Gasteiger partial charge in [0.2, 0.25) is 0 Å². The molecule has 2 aliphatic heterocycles. The number of hydrogen-bond donors (Lipinski definition) is 1. The number of rotatable bonds is 2. The van der Waals surface area contributed by atoms with Gasteiger partial charge < -0.3 is 10.2 Å². The molecular formula is C12H18N2S. The molecule has 2 aliphatic rings. The van der Waals surface area contributed by atoms with Crippen LogP contribution < -0.4 is 5.32 Å². The minimum Gasteiger partial charge on any atom is -0.382 e. The molecule has 0 radical (unpaired) electrons. The molecule has 0 saturated carbocycles. The molecule has 1 aromatic rings. The van der Waals surface area contributed by atoms with Gasteiger partial charge >= 0.3 is 0 Å². The molecule has 1 aromatic heterocycles. The standard InChI is InChI=1S/C12H18N2S/c1-2-12-8-10(3-6-14(12)5-1)13-11-4-7-15-9-11/h4,7,9-10,12-13H,1-3,5-6,8H2. The highest BCUT2D eigenvalue weighted by molar-refractivity contribution is 7.08. The number of anilines is 1. The molecule has 0 aromatic carbocycles. The number of hydrogen-bond acceptors (Lipinski definition) is 3.